The lowest BCUT2D eigenvalue weighted by Gasteiger charge is -2.42. The van der Waals surface area contributed by atoms with Crippen molar-refractivity contribution >= 4 is 5.97 Å². The maximum atomic E-state index is 15.0. The lowest BCUT2D eigenvalue weighted by Crippen LogP contribution is -2.30. The number of ether oxygens (including phenoxy) is 1. The van der Waals surface area contributed by atoms with Gasteiger partial charge in [0, 0.05) is 12.1 Å². The fraction of sp³-hybridized carbons (Fsp3) is 0.481. The molecule has 174 valence electrons. The number of hydrogen-bond donors (Lipinski definition) is 0. The predicted molar refractivity (Wildman–Crippen MR) is 118 cm³/mol. The van der Waals surface area contributed by atoms with Gasteiger partial charge in [-0.1, -0.05) is 32.3 Å². The molecule has 2 fully saturated rings. The lowest BCUT2D eigenvalue weighted by atomic mass is 9.63. The number of nitriles is 1. The van der Waals surface area contributed by atoms with E-state index in [-0.39, 0.29) is 17.2 Å². The van der Waals surface area contributed by atoms with Gasteiger partial charge in [-0.15, -0.1) is 0 Å². The average Bonchev–Trinajstić information content (AvgIpc) is 2.78. The molecule has 2 aromatic rings. The number of rotatable bonds is 5. The molecule has 0 amide bonds. The summed E-state index contributed by atoms with van der Waals surface area (Å²) in [7, 11) is 0. The molecule has 0 aliphatic heterocycles. The summed E-state index contributed by atoms with van der Waals surface area (Å²) < 4.78 is 47.5. The Balaban J connectivity index is 1.42. The Kier molecular flexibility index (Phi) is 7.07. The molecule has 4 atom stereocenters. The van der Waals surface area contributed by atoms with Crippen LogP contribution in [0.25, 0.3) is 0 Å². The number of carbonyl (C=O) groups excluding carboxylic acids is 1. The Morgan fingerprint density at radius 1 is 1.00 bits per heavy atom. The molecule has 4 unspecified atom stereocenters. The fourth-order valence-corrected chi connectivity index (χ4v) is 5.81. The summed E-state index contributed by atoms with van der Waals surface area (Å²) in [6, 6.07) is 7.21. The standard InChI is InChI=1S/C27H28F3NO2/c1-2-3-16-4-5-18-11-19(7-6-17(18)10-16)22-9-8-20(12-24(22)28)27(32)33-21-13-25(29)23(15-31)26(30)14-21/h8-9,12-14,16-19H,2-7,10-11H2,1H3. The van der Waals surface area contributed by atoms with Crippen molar-refractivity contribution in [3.8, 4) is 11.8 Å². The van der Waals surface area contributed by atoms with Crippen LogP contribution in [-0.2, 0) is 0 Å². The number of halogens is 3. The number of carbonyl (C=O) groups is 1. The van der Waals surface area contributed by atoms with Gasteiger partial charge in [-0.2, -0.15) is 5.26 Å². The minimum atomic E-state index is -1.12. The molecule has 0 aromatic heterocycles. The Hall–Kier alpha value is -2.81. The molecule has 0 N–H and O–H groups in total. The normalized spacial score (nSPS) is 24.6. The van der Waals surface area contributed by atoms with Crippen LogP contribution in [0.4, 0.5) is 13.2 Å². The minimum Gasteiger partial charge on any atom is -0.423 e. The third kappa shape index (κ3) is 5.08. The van der Waals surface area contributed by atoms with Gasteiger partial charge in [0.25, 0.3) is 0 Å². The van der Waals surface area contributed by atoms with Gasteiger partial charge in [0.05, 0.1) is 5.56 Å². The molecule has 33 heavy (non-hydrogen) atoms. The molecule has 0 bridgehead atoms. The predicted octanol–water partition coefficient (Wildman–Crippen LogP) is 7.29. The second kappa shape index (κ2) is 9.99. The van der Waals surface area contributed by atoms with Gasteiger partial charge in [-0.3, -0.25) is 0 Å². The molecule has 0 radical (unpaired) electrons. The van der Waals surface area contributed by atoms with Crippen LogP contribution in [0.3, 0.4) is 0 Å². The number of hydrogen-bond acceptors (Lipinski definition) is 3. The monoisotopic (exact) mass is 455 g/mol. The maximum absolute atomic E-state index is 15.0. The summed E-state index contributed by atoms with van der Waals surface area (Å²) in [4.78, 5) is 12.4. The smallest absolute Gasteiger partial charge is 0.343 e. The maximum Gasteiger partial charge on any atom is 0.343 e. The lowest BCUT2D eigenvalue weighted by molar-refractivity contribution is 0.0733. The first-order valence-corrected chi connectivity index (χ1v) is 11.8. The first-order valence-electron chi connectivity index (χ1n) is 11.8. The van der Waals surface area contributed by atoms with Crippen LogP contribution in [0.1, 0.15) is 85.7 Å². The van der Waals surface area contributed by atoms with Crippen molar-refractivity contribution in [2.24, 2.45) is 17.8 Å². The minimum absolute atomic E-state index is 0.0322. The molecule has 6 heteroatoms. The van der Waals surface area contributed by atoms with E-state index in [9.17, 15) is 18.0 Å². The number of fused-ring (bicyclic) bond motifs is 1. The van der Waals surface area contributed by atoms with E-state index in [1.54, 1.807) is 6.07 Å². The zero-order chi connectivity index (χ0) is 23.5. The van der Waals surface area contributed by atoms with E-state index in [4.69, 9.17) is 10.00 Å². The topological polar surface area (TPSA) is 50.1 Å². The van der Waals surface area contributed by atoms with Crippen LogP contribution in [-0.4, -0.2) is 5.97 Å². The van der Waals surface area contributed by atoms with Crippen molar-refractivity contribution in [3.63, 3.8) is 0 Å². The van der Waals surface area contributed by atoms with E-state index in [0.717, 1.165) is 49.3 Å². The van der Waals surface area contributed by atoms with Gasteiger partial charge < -0.3 is 4.74 Å². The second-order valence-corrected chi connectivity index (χ2v) is 9.50. The quantitative estimate of drug-likeness (QED) is 0.351. The van der Waals surface area contributed by atoms with E-state index in [1.165, 1.54) is 44.2 Å². The summed E-state index contributed by atoms with van der Waals surface area (Å²) >= 11 is 0. The van der Waals surface area contributed by atoms with Gasteiger partial charge in [0.1, 0.15) is 34.8 Å². The highest BCUT2D eigenvalue weighted by molar-refractivity contribution is 5.91. The van der Waals surface area contributed by atoms with Crippen LogP contribution in [0.5, 0.6) is 5.75 Å². The molecule has 2 aliphatic rings. The summed E-state index contributed by atoms with van der Waals surface area (Å²) in [5, 5.41) is 8.73. The average molecular weight is 456 g/mol. The number of benzene rings is 2. The fourth-order valence-electron chi connectivity index (χ4n) is 5.81. The molecule has 0 saturated heterocycles. The highest BCUT2D eigenvalue weighted by atomic mass is 19.1. The van der Waals surface area contributed by atoms with Gasteiger partial charge in [-0.05, 0) is 73.5 Å². The summed E-state index contributed by atoms with van der Waals surface area (Å²) in [6.45, 7) is 2.24. The van der Waals surface area contributed by atoms with E-state index in [1.807, 2.05) is 0 Å². The highest BCUT2D eigenvalue weighted by Crippen LogP contribution is 2.48. The van der Waals surface area contributed by atoms with Gasteiger partial charge in [0.15, 0.2) is 0 Å². The summed E-state index contributed by atoms with van der Waals surface area (Å²) in [5.41, 5.74) is -0.162. The van der Waals surface area contributed by atoms with Crippen molar-refractivity contribution in [1.82, 2.24) is 0 Å². The molecule has 3 nitrogen and oxygen atoms in total. The molecule has 2 aromatic carbocycles. The number of nitrogens with zero attached hydrogens (tertiary/aromatic N) is 1. The first-order chi connectivity index (χ1) is 15.9. The molecule has 4 rings (SSSR count). The van der Waals surface area contributed by atoms with Gasteiger partial charge in [-0.25, -0.2) is 18.0 Å². The Bertz CT molecular complexity index is 1050. The van der Waals surface area contributed by atoms with Crippen LogP contribution in [0.15, 0.2) is 30.3 Å². The Morgan fingerprint density at radius 2 is 1.70 bits per heavy atom. The van der Waals surface area contributed by atoms with Crippen molar-refractivity contribution < 1.29 is 22.7 Å². The van der Waals surface area contributed by atoms with Gasteiger partial charge in [0.2, 0.25) is 0 Å². The van der Waals surface area contributed by atoms with Crippen molar-refractivity contribution in [2.75, 3.05) is 0 Å². The Morgan fingerprint density at radius 3 is 2.36 bits per heavy atom. The third-order valence-corrected chi connectivity index (χ3v) is 7.43. The summed E-state index contributed by atoms with van der Waals surface area (Å²) in [5.74, 6) is -1.63. The van der Waals surface area contributed by atoms with Crippen molar-refractivity contribution in [2.45, 2.75) is 64.2 Å². The van der Waals surface area contributed by atoms with Crippen LogP contribution >= 0.6 is 0 Å². The van der Waals surface area contributed by atoms with E-state index >= 15 is 0 Å². The molecular formula is C27H28F3NO2. The zero-order valence-electron chi connectivity index (χ0n) is 18.8. The van der Waals surface area contributed by atoms with Crippen LogP contribution in [0.2, 0.25) is 0 Å². The van der Waals surface area contributed by atoms with E-state index < -0.39 is 29.0 Å². The zero-order valence-corrected chi connectivity index (χ0v) is 18.8. The van der Waals surface area contributed by atoms with E-state index in [0.29, 0.717) is 11.5 Å². The van der Waals surface area contributed by atoms with E-state index in [2.05, 4.69) is 6.92 Å². The SMILES string of the molecule is CCCC1CCC2CC(c3ccc(C(=O)Oc4cc(F)c(C#N)c(F)c4)cc3F)CCC2C1. The summed E-state index contributed by atoms with van der Waals surface area (Å²) in [6.07, 6.45) is 9.38. The molecular weight excluding hydrogens is 427 g/mol. The highest BCUT2D eigenvalue weighted by Gasteiger charge is 2.36. The second-order valence-electron chi connectivity index (χ2n) is 9.50. The van der Waals surface area contributed by atoms with Crippen LogP contribution < -0.4 is 4.74 Å². The molecule has 0 spiro atoms. The van der Waals surface area contributed by atoms with Gasteiger partial charge >= 0.3 is 5.97 Å². The molecule has 0 heterocycles. The molecule has 2 aliphatic carbocycles. The molecule has 2 saturated carbocycles. The van der Waals surface area contributed by atoms with Crippen molar-refractivity contribution in [3.05, 3.63) is 64.5 Å². The number of esters is 1. The van der Waals surface area contributed by atoms with Crippen molar-refractivity contribution in [1.29, 1.82) is 5.26 Å². The third-order valence-electron chi connectivity index (χ3n) is 7.43. The van der Waals surface area contributed by atoms with Crippen LogP contribution in [0, 0.1) is 46.5 Å². The Labute approximate surface area is 192 Å². The first kappa shape index (κ1) is 23.4. The largest absolute Gasteiger partial charge is 0.423 e.